The van der Waals surface area contributed by atoms with Crippen molar-refractivity contribution in [2.45, 2.75) is 17.9 Å². The topological polar surface area (TPSA) is 43.6 Å². The molecule has 0 saturated heterocycles. The van der Waals surface area contributed by atoms with Gasteiger partial charge in [-0.1, -0.05) is 30.3 Å². The number of hydrogen-bond acceptors (Lipinski definition) is 4. The minimum absolute atomic E-state index is 0.894. The van der Waals surface area contributed by atoms with E-state index >= 15 is 0 Å². The molecule has 0 aliphatic carbocycles. The molecule has 0 atom stereocenters. The second kappa shape index (κ2) is 6.05. The Morgan fingerprint density at radius 2 is 2.00 bits per heavy atom. The van der Waals surface area contributed by atoms with E-state index in [-0.39, 0.29) is 0 Å². The van der Waals surface area contributed by atoms with Gasteiger partial charge in [0.25, 0.3) is 0 Å². The number of aryl methyl sites for hydroxylation is 2. The van der Waals surface area contributed by atoms with Gasteiger partial charge in [0.1, 0.15) is 11.4 Å². The first kappa shape index (κ1) is 13.1. The highest BCUT2D eigenvalue weighted by Gasteiger charge is 2.07. The predicted molar refractivity (Wildman–Crippen MR) is 81.8 cm³/mol. The van der Waals surface area contributed by atoms with Crippen LogP contribution in [-0.2, 0) is 13.5 Å². The van der Waals surface area contributed by atoms with Gasteiger partial charge in [0.2, 0.25) is 0 Å². The van der Waals surface area contributed by atoms with E-state index in [1.165, 1.54) is 5.56 Å². The molecular formula is C15H16N4S. The lowest BCUT2D eigenvalue weighted by molar-refractivity contribution is 0.784. The molecule has 4 nitrogen and oxygen atoms in total. The number of benzene rings is 1. The summed E-state index contributed by atoms with van der Waals surface area (Å²) in [6.07, 6.45) is 5.70. The molecule has 0 amide bonds. The van der Waals surface area contributed by atoms with E-state index in [0.717, 1.165) is 34.7 Å². The van der Waals surface area contributed by atoms with E-state index in [2.05, 4.69) is 45.4 Å². The Morgan fingerprint density at radius 3 is 2.85 bits per heavy atom. The highest BCUT2D eigenvalue weighted by atomic mass is 32.2. The molecule has 3 rings (SSSR count). The molecule has 5 heteroatoms. The molecule has 2 aromatic heterocycles. The molecule has 3 aromatic rings. The largest absolute Gasteiger partial charge is 0.250 e. The van der Waals surface area contributed by atoms with Gasteiger partial charge in [-0.25, -0.2) is 9.97 Å². The van der Waals surface area contributed by atoms with Gasteiger partial charge in [-0.15, -0.1) is 11.8 Å². The number of fused-ring (bicyclic) bond motifs is 1. The van der Waals surface area contributed by atoms with Crippen molar-refractivity contribution in [1.82, 2.24) is 19.7 Å². The second-order valence-electron chi connectivity index (χ2n) is 4.62. The summed E-state index contributed by atoms with van der Waals surface area (Å²) in [5, 5.41) is 6.30. The van der Waals surface area contributed by atoms with Crippen molar-refractivity contribution in [1.29, 1.82) is 0 Å². The number of hydrogen-bond donors (Lipinski definition) is 0. The third-order valence-corrected chi connectivity index (χ3v) is 4.28. The van der Waals surface area contributed by atoms with Crippen molar-refractivity contribution in [3.8, 4) is 0 Å². The minimum atomic E-state index is 0.894. The quantitative estimate of drug-likeness (QED) is 0.410. The summed E-state index contributed by atoms with van der Waals surface area (Å²) < 4.78 is 1.78. The van der Waals surface area contributed by atoms with Gasteiger partial charge in [0.15, 0.2) is 5.65 Å². The summed E-state index contributed by atoms with van der Waals surface area (Å²) in [5.41, 5.74) is 2.29. The van der Waals surface area contributed by atoms with Crippen LogP contribution in [0.2, 0.25) is 0 Å². The first-order chi connectivity index (χ1) is 9.84. The normalized spacial score (nSPS) is 11.1. The van der Waals surface area contributed by atoms with Crippen LogP contribution in [0, 0.1) is 0 Å². The van der Waals surface area contributed by atoms with Crippen molar-refractivity contribution in [2.24, 2.45) is 7.05 Å². The summed E-state index contributed by atoms with van der Waals surface area (Å²) in [4.78, 5) is 8.62. The molecule has 0 N–H and O–H groups in total. The molecule has 2 heterocycles. The van der Waals surface area contributed by atoms with E-state index in [4.69, 9.17) is 0 Å². The van der Waals surface area contributed by atoms with Crippen LogP contribution < -0.4 is 0 Å². The van der Waals surface area contributed by atoms with Gasteiger partial charge < -0.3 is 0 Å². The maximum Gasteiger partial charge on any atom is 0.162 e. The first-order valence-corrected chi connectivity index (χ1v) is 7.62. The Hall–Kier alpha value is -1.88. The maximum atomic E-state index is 4.36. The fraction of sp³-hybridized carbons (Fsp3) is 0.267. The molecule has 0 bridgehead atoms. The van der Waals surface area contributed by atoms with Gasteiger partial charge in [0, 0.05) is 7.05 Å². The standard InChI is InChI=1S/C15H16N4S/c1-19-14-13(10-18-19)15(17-11-16-14)20-9-5-8-12-6-3-2-4-7-12/h2-4,6-7,10-11H,5,8-9H2,1H3. The molecule has 0 aliphatic heterocycles. The predicted octanol–water partition coefficient (Wildman–Crippen LogP) is 3.09. The highest BCUT2D eigenvalue weighted by Crippen LogP contribution is 2.24. The van der Waals surface area contributed by atoms with Crippen LogP contribution in [-0.4, -0.2) is 25.5 Å². The lowest BCUT2D eigenvalue weighted by atomic mass is 10.1. The number of nitrogens with zero attached hydrogens (tertiary/aromatic N) is 4. The second-order valence-corrected chi connectivity index (χ2v) is 5.71. The SMILES string of the molecule is Cn1ncc2c(SCCCc3ccccc3)ncnc21. The van der Waals surface area contributed by atoms with E-state index in [1.54, 1.807) is 22.8 Å². The average molecular weight is 284 g/mol. The van der Waals surface area contributed by atoms with Gasteiger partial charge in [-0.05, 0) is 24.2 Å². The fourth-order valence-electron chi connectivity index (χ4n) is 2.15. The number of rotatable bonds is 5. The van der Waals surface area contributed by atoms with Gasteiger partial charge in [0.05, 0.1) is 11.6 Å². The van der Waals surface area contributed by atoms with Crippen molar-refractivity contribution < 1.29 is 0 Å². The molecule has 20 heavy (non-hydrogen) atoms. The maximum absolute atomic E-state index is 4.36. The Balaban J connectivity index is 1.60. The van der Waals surface area contributed by atoms with Crippen LogP contribution in [0.3, 0.4) is 0 Å². The summed E-state index contributed by atoms with van der Waals surface area (Å²) in [6.45, 7) is 0. The molecule has 0 spiro atoms. The van der Waals surface area contributed by atoms with Crippen LogP contribution in [0.15, 0.2) is 47.9 Å². The first-order valence-electron chi connectivity index (χ1n) is 6.64. The minimum Gasteiger partial charge on any atom is -0.250 e. The Kier molecular flexibility index (Phi) is 3.97. The molecule has 0 radical (unpaired) electrons. The van der Waals surface area contributed by atoms with E-state index in [0.29, 0.717) is 0 Å². The molecule has 0 fully saturated rings. The molecule has 0 unspecified atom stereocenters. The molecule has 102 valence electrons. The smallest absolute Gasteiger partial charge is 0.162 e. The monoisotopic (exact) mass is 284 g/mol. The third-order valence-electron chi connectivity index (χ3n) is 3.18. The summed E-state index contributed by atoms with van der Waals surface area (Å²) in [7, 11) is 1.90. The lowest BCUT2D eigenvalue weighted by Crippen LogP contribution is -1.93. The van der Waals surface area contributed by atoms with Crippen LogP contribution in [0.4, 0.5) is 0 Å². The van der Waals surface area contributed by atoms with Crippen LogP contribution in [0.5, 0.6) is 0 Å². The molecule has 1 aromatic carbocycles. The zero-order chi connectivity index (χ0) is 13.8. The summed E-state index contributed by atoms with van der Waals surface area (Å²) >= 11 is 1.78. The van der Waals surface area contributed by atoms with Gasteiger partial charge in [-0.2, -0.15) is 5.10 Å². The Morgan fingerprint density at radius 1 is 1.15 bits per heavy atom. The van der Waals surface area contributed by atoms with Crippen molar-refractivity contribution in [3.63, 3.8) is 0 Å². The molecule has 0 saturated carbocycles. The van der Waals surface area contributed by atoms with Gasteiger partial charge in [-0.3, -0.25) is 4.68 Å². The third kappa shape index (κ3) is 2.82. The molecular weight excluding hydrogens is 268 g/mol. The van der Waals surface area contributed by atoms with Crippen LogP contribution in [0.1, 0.15) is 12.0 Å². The summed E-state index contributed by atoms with van der Waals surface area (Å²) in [5.74, 6) is 1.05. The lowest BCUT2D eigenvalue weighted by Gasteiger charge is -2.03. The molecule has 0 aliphatic rings. The fourth-order valence-corrected chi connectivity index (χ4v) is 3.05. The van der Waals surface area contributed by atoms with Crippen molar-refractivity contribution in [2.75, 3.05) is 5.75 Å². The van der Waals surface area contributed by atoms with Crippen molar-refractivity contribution >= 4 is 22.8 Å². The van der Waals surface area contributed by atoms with Crippen LogP contribution in [0.25, 0.3) is 11.0 Å². The number of aromatic nitrogens is 4. The van der Waals surface area contributed by atoms with E-state index in [1.807, 2.05) is 13.2 Å². The van der Waals surface area contributed by atoms with Gasteiger partial charge >= 0.3 is 0 Å². The number of thioether (sulfide) groups is 1. The zero-order valence-electron chi connectivity index (χ0n) is 11.4. The van der Waals surface area contributed by atoms with Crippen LogP contribution >= 0.6 is 11.8 Å². The zero-order valence-corrected chi connectivity index (χ0v) is 12.2. The Labute approximate surface area is 122 Å². The average Bonchev–Trinajstić information content (AvgIpc) is 2.87. The van der Waals surface area contributed by atoms with Crippen molar-refractivity contribution in [3.05, 3.63) is 48.4 Å². The van der Waals surface area contributed by atoms with E-state index < -0.39 is 0 Å². The van der Waals surface area contributed by atoms with E-state index in [9.17, 15) is 0 Å². The highest BCUT2D eigenvalue weighted by molar-refractivity contribution is 7.99. The Bertz CT molecular complexity index is 693. The summed E-state index contributed by atoms with van der Waals surface area (Å²) in [6, 6.07) is 10.6.